The summed E-state index contributed by atoms with van der Waals surface area (Å²) in [4.78, 5) is 13.4. The minimum Gasteiger partial charge on any atom is -0.399 e. The smallest absolute Gasteiger partial charge is 0.221 e. The Bertz CT molecular complexity index is 419. The van der Waals surface area contributed by atoms with E-state index in [0.717, 1.165) is 25.2 Å². The highest BCUT2D eigenvalue weighted by atomic mass is 16.1. The molecule has 0 bridgehead atoms. The van der Waals surface area contributed by atoms with Gasteiger partial charge in [0, 0.05) is 18.3 Å². The largest absolute Gasteiger partial charge is 0.399 e. The van der Waals surface area contributed by atoms with Crippen molar-refractivity contribution in [1.29, 1.82) is 0 Å². The van der Waals surface area contributed by atoms with Gasteiger partial charge in [0.05, 0.1) is 5.92 Å². The molecular formula is C13H19N3O. The predicted molar refractivity (Wildman–Crippen MR) is 68.1 cm³/mol. The quantitative estimate of drug-likeness (QED) is 0.769. The molecule has 92 valence electrons. The lowest BCUT2D eigenvalue weighted by molar-refractivity contribution is -0.121. The second kappa shape index (κ2) is 4.75. The lowest BCUT2D eigenvalue weighted by atomic mass is 10.1. The maximum absolute atomic E-state index is 11.1. The maximum Gasteiger partial charge on any atom is 0.221 e. The summed E-state index contributed by atoms with van der Waals surface area (Å²) in [6.07, 6.45) is 0.863. The van der Waals surface area contributed by atoms with E-state index in [0.29, 0.717) is 0 Å². The number of primary amides is 1. The Labute approximate surface area is 102 Å². The molecule has 4 heteroatoms. The van der Waals surface area contributed by atoms with Crippen LogP contribution in [0.15, 0.2) is 24.3 Å². The summed E-state index contributed by atoms with van der Waals surface area (Å²) in [6, 6.07) is 8.18. The van der Waals surface area contributed by atoms with Crippen molar-refractivity contribution in [3.8, 4) is 0 Å². The zero-order chi connectivity index (χ0) is 12.4. The number of nitrogens with two attached hydrogens (primary N) is 2. The van der Waals surface area contributed by atoms with Crippen molar-refractivity contribution in [2.24, 2.45) is 11.7 Å². The fourth-order valence-electron chi connectivity index (χ4n) is 2.40. The van der Waals surface area contributed by atoms with E-state index in [9.17, 15) is 4.79 Å². The summed E-state index contributed by atoms with van der Waals surface area (Å²) in [5, 5.41) is 0. The Morgan fingerprint density at radius 2 is 2.29 bits per heavy atom. The van der Waals surface area contributed by atoms with Gasteiger partial charge in [-0.15, -0.1) is 0 Å². The Morgan fingerprint density at radius 3 is 2.88 bits per heavy atom. The summed E-state index contributed by atoms with van der Waals surface area (Å²) in [7, 11) is 0. The van der Waals surface area contributed by atoms with Gasteiger partial charge in [0.15, 0.2) is 0 Å². The van der Waals surface area contributed by atoms with Crippen molar-refractivity contribution in [3.63, 3.8) is 0 Å². The summed E-state index contributed by atoms with van der Waals surface area (Å²) in [5.41, 5.74) is 13.1. The van der Waals surface area contributed by atoms with E-state index in [1.807, 2.05) is 18.2 Å². The molecule has 1 fully saturated rings. The van der Waals surface area contributed by atoms with Crippen LogP contribution in [0, 0.1) is 5.92 Å². The predicted octanol–water partition coefficient (Wildman–Crippen LogP) is 1.14. The van der Waals surface area contributed by atoms with Crippen LogP contribution < -0.4 is 11.5 Å². The third kappa shape index (κ3) is 2.58. The number of rotatable bonds is 3. The number of likely N-dealkylation sites (tertiary alicyclic amines) is 1. The minimum absolute atomic E-state index is 0.00138. The number of amides is 1. The van der Waals surface area contributed by atoms with Crippen molar-refractivity contribution in [2.45, 2.75) is 19.4 Å². The van der Waals surface area contributed by atoms with Gasteiger partial charge in [-0.3, -0.25) is 9.69 Å². The Morgan fingerprint density at radius 1 is 1.53 bits per heavy atom. The summed E-state index contributed by atoms with van der Waals surface area (Å²) < 4.78 is 0. The van der Waals surface area contributed by atoms with Crippen LogP contribution in [0.2, 0.25) is 0 Å². The van der Waals surface area contributed by atoms with E-state index in [4.69, 9.17) is 11.5 Å². The zero-order valence-electron chi connectivity index (χ0n) is 10.1. The van der Waals surface area contributed by atoms with Gasteiger partial charge in [-0.2, -0.15) is 0 Å². The molecule has 4 N–H and O–H groups in total. The number of benzene rings is 1. The monoisotopic (exact) mass is 233 g/mol. The zero-order valence-corrected chi connectivity index (χ0v) is 10.1. The van der Waals surface area contributed by atoms with Crippen LogP contribution in [0.4, 0.5) is 5.69 Å². The van der Waals surface area contributed by atoms with E-state index >= 15 is 0 Å². The van der Waals surface area contributed by atoms with Gasteiger partial charge < -0.3 is 11.5 Å². The first-order chi connectivity index (χ1) is 8.08. The standard InChI is InChI=1S/C13H19N3O/c1-9(10-3-2-4-12(14)7-10)16-6-5-11(8-16)13(15)17/h2-4,7,9,11H,5-6,8,14H2,1H3,(H2,15,17). The highest BCUT2D eigenvalue weighted by molar-refractivity contribution is 5.77. The number of carbonyl (C=O) groups excluding carboxylic acids is 1. The molecule has 1 aliphatic heterocycles. The normalized spacial score (nSPS) is 22.5. The van der Waals surface area contributed by atoms with Gasteiger partial charge >= 0.3 is 0 Å². The molecule has 0 saturated carbocycles. The molecule has 2 atom stereocenters. The van der Waals surface area contributed by atoms with E-state index in [-0.39, 0.29) is 17.9 Å². The SMILES string of the molecule is CC(c1cccc(N)c1)N1CCC(C(N)=O)C1. The number of nitrogen functional groups attached to an aromatic ring is 1. The van der Waals surface area contributed by atoms with Crippen molar-refractivity contribution >= 4 is 11.6 Å². The van der Waals surface area contributed by atoms with E-state index in [2.05, 4.69) is 17.9 Å². The van der Waals surface area contributed by atoms with Gasteiger partial charge in [-0.05, 0) is 37.6 Å². The molecule has 1 aromatic carbocycles. The fourth-order valence-corrected chi connectivity index (χ4v) is 2.40. The number of carbonyl (C=O) groups is 1. The van der Waals surface area contributed by atoms with Crippen LogP contribution in [-0.4, -0.2) is 23.9 Å². The highest BCUT2D eigenvalue weighted by Crippen LogP contribution is 2.27. The molecule has 2 rings (SSSR count). The Hall–Kier alpha value is -1.55. The number of nitrogens with zero attached hydrogens (tertiary/aromatic N) is 1. The van der Waals surface area contributed by atoms with E-state index in [1.165, 1.54) is 5.56 Å². The molecule has 1 saturated heterocycles. The molecular weight excluding hydrogens is 214 g/mol. The second-order valence-electron chi connectivity index (χ2n) is 4.73. The molecule has 1 amide bonds. The summed E-state index contributed by atoms with van der Waals surface area (Å²) in [6.45, 7) is 3.81. The molecule has 1 aliphatic rings. The van der Waals surface area contributed by atoms with E-state index < -0.39 is 0 Å². The van der Waals surface area contributed by atoms with E-state index in [1.54, 1.807) is 0 Å². The molecule has 2 unspecified atom stereocenters. The Kier molecular flexibility index (Phi) is 3.33. The third-order valence-corrected chi connectivity index (χ3v) is 3.56. The van der Waals surface area contributed by atoms with Crippen LogP contribution in [0.1, 0.15) is 24.9 Å². The maximum atomic E-state index is 11.1. The summed E-state index contributed by atoms with van der Waals surface area (Å²) >= 11 is 0. The van der Waals surface area contributed by atoms with Crippen LogP contribution >= 0.6 is 0 Å². The van der Waals surface area contributed by atoms with Gasteiger partial charge in [-0.25, -0.2) is 0 Å². The van der Waals surface area contributed by atoms with Gasteiger partial charge in [0.25, 0.3) is 0 Å². The first-order valence-electron chi connectivity index (χ1n) is 5.96. The molecule has 4 nitrogen and oxygen atoms in total. The molecule has 17 heavy (non-hydrogen) atoms. The number of hydrogen-bond donors (Lipinski definition) is 2. The first-order valence-corrected chi connectivity index (χ1v) is 5.96. The van der Waals surface area contributed by atoms with Gasteiger partial charge in [0.1, 0.15) is 0 Å². The van der Waals surface area contributed by atoms with Crippen LogP contribution in [0.3, 0.4) is 0 Å². The molecule has 0 spiro atoms. The Balaban J connectivity index is 2.06. The lowest BCUT2D eigenvalue weighted by Crippen LogP contribution is -2.29. The average Bonchev–Trinajstić information content (AvgIpc) is 2.77. The summed E-state index contributed by atoms with van der Waals surface area (Å²) in [5.74, 6) is -0.189. The molecule has 0 aromatic heterocycles. The van der Waals surface area contributed by atoms with Crippen LogP contribution in [0.5, 0.6) is 0 Å². The van der Waals surface area contributed by atoms with Crippen molar-refractivity contribution < 1.29 is 4.79 Å². The number of anilines is 1. The van der Waals surface area contributed by atoms with Gasteiger partial charge in [-0.1, -0.05) is 12.1 Å². The molecule has 1 aromatic rings. The highest BCUT2D eigenvalue weighted by Gasteiger charge is 2.29. The average molecular weight is 233 g/mol. The van der Waals surface area contributed by atoms with Gasteiger partial charge in [0.2, 0.25) is 5.91 Å². The van der Waals surface area contributed by atoms with Crippen molar-refractivity contribution in [2.75, 3.05) is 18.8 Å². The first kappa shape index (κ1) is 11.9. The van der Waals surface area contributed by atoms with Crippen LogP contribution in [-0.2, 0) is 4.79 Å². The minimum atomic E-state index is -0.188. The van der Waals surface area contributed by atoms with Crippen molar-refractivity contribution in [3.05, 3.63) is 29.8 Å². The van der Waals surface area contributed by atoms with Crippen LogP contribution in [0.25, 0.3) is 0 Å². The second-order valence-corrected chi connectivity index (χ2v) is 4.73. The molecule has 0 aliphatic carbocycles. The molecule has 0 radical (unpaired) electrons. The molecule has 1 heterocycles. The lowest BCUT2D eigenvalue weighted by Gasteiger charge is -2.24. The van der Waals surface area contributed by atoms with Crippen molar-refractivity contribution in [1.82, 2.24) is 4.90 Å². The number of hydrogen-bond acceptors (Lipinski definition) is 3. The third-order valence-electron chi connectivity index (χ3n) is 3.56. The fraction of sp³-hybridized carbons (Fsp3) is 0.462. The topological polar surface area (TPSA) is 72.3 Å².